The van der Waals surface area contributed by atoms with Gasteiger partial charge >= 0.3 is 12.1 Å². The van der Waals surface area contributed by atoms with Crippen LogP contribution >= 0.6 is 0 Å². The van der Waals surface area contributed by atoms with E-state index in [-0.39, 0.29) is 18.9 Å². The van der Waals surface area contributed by atoms with E-state index in [1.54, 1.807) is 13.8 Å². The molecule has 3 rings (SSSR count). The second-order valence-electron chi connectivity index (χ2n) is 8.40. The summed E-state index contributed by atoms with van der Waals surface area (Å²) in [7, 11) is 1.28. The van der Waals surface area contributed by atoms with Crippen LogP contribution in [0.5, 0.6) is 0 Å². The van der Waals surface area contributed by atoms with Crippen LogP contribution in [0.15, 0.2) is 72.8 Å². The average molecular weight is 463 g/mol. The van der Waals surface area contributed by atoms with Crippen LogP contribution in [0.1, 0.15) is 25.0 Å². The molecule has 0 bridgehead atoms. The summed E-state index contributed by atoms with van der Waals surface area (Å²) in [6.45, 7) is 3.70. The van der Waals surface area contributed by atoms with Crippen molar-refractivity contribution in [1.82, 2.24) is 10.6 Å². The number of ether oxygens (including phenoxy) is 2. The van der Waals surface area contributed by atoms with Gasteiger partial charge in [0.05, 0.1) is 7.11 Å². The molecular formula is C27H30N2O5. The number of hydrogen-bond donors (Lipinski definition) is 2. The van der Waals surface area contributed by atoms with Gasteiger partial charge in [-0.15, -0.1) is 0 Å². The van der Waals surface area contributed by atoms with Crippen molar-refractivity contribution in [2.24, 2.45) is 5.92 Å². The SMILES string of the molecule is COC(=O)[C@@H](Cc1ccc2ccccc2c1)NC(=O)[C@@H](NC(=O)OCc1ccccc1)C(C)C. The molecule has 34 heavy (non-hydrogen) atoms. The molecule has 178 valence electrons. The largest absolute Gasteiger partial charge is 0.467 e. The number of esters is 1. The van der Waals surface area contributed by atoms with E-state index in [9.17, 15) is 14.4 Å². The van der Waals surface area contributed by atoms with Gasteiger partial charge < -0.3 is 20.1 Å². The number of rotatable bonds is 9. The number of alkyl carbamates (subject to hydrolysis) is 1. The van der Waals surface area contributed by atoms with Crippen molar-refractivity contribution in [2.75, 3.05) is 7.11 Å². The van der Waals surface area contributed by atoms with Gasteiger partial charge in [-0.05, 0) is 27.8 Å². The lowest BCUT2D eigenvalue weighted by atomic mass is 10.00. The fourth-order valence-electron chi connectivity index (χ4n) is 3.63. The first-order valence-electron chi connectivity index (χ1n) is 11.2. The zero-order chi connectivity index (χ0) is 24.5. The second kappa shape index (κ2) is 11.8. The van der Waals surface area contributed by atoms with Gasteiger partial charge in [-0.3, -0.25) is 4.79 Å². The third kappa shape index (κ3) is 6.81. The minimum absolute atomic E-state index is 0.0891. The molecule has 0 aromatic heterocycles. The van der Waals surface area contributed by atoms with E-state index in [1.165, 1.54) is 7.11 Å². The van der Waals surface area contributed by atoms with Crippen LogP contribution in [0.25, 0.3) is 10.8 Å². The summed E-state index contributed by atoms with van der Waals surface area (Å²) < 4.78 is 10.2. The molecule has 0 aliphatic heterocycles. The minimum atomic E-state index is -0.901. The number of nitrogens with one attached hydrogen (secondary N) is 2. The Bertz CT molecular complexity index is 1130. The molecule has 0 radical (unpaired) electrons. The van der Waals surface area contributed by atoms with Crippen molar-refractivity contribution in [1.29, 1.82) is 0 Å². The number of hydrogen-bond acceptors (Lipinski definition) is 5. The molecule has 7 nitrogen and oxygen atoms in total. The van der Waals surface area contributed by atoms with Gasteiger partial charge in [0.15, 0.2) is 0 Å². The van der Waals surface area contributed by atoms with Crippen LogP contribution in [-0.4, -0.2) is 37.2 Å². The Balaban J connectivity index is 1.66. The topological polar surface area (TPSA) is 93.7 Å². The Labute approximate surface area is 199 Å². The third-order valence-corrected chi connectivity index (χ3v) is 5.49. The lowest BCUT2D eigenvalue weighted by Crippen LogP contribution is -2.54. The average Bonchev–Trinajstić information content (AvgIpc) is 2.85. The highest BCUT2D eigenvalue weighted by Gasteiger charge is 2.30. The number of carbonyl (C=O) groups is 3. The molecular weight excluding hydrogens is 432 g/mol. The summed E-state index contributed by atoms with van der Waals surface area (Å²) in [5.74, 6) is -1.28. The Kier molecular flexibility index (Phi) is 8.62. The summed E-state index contributed by atoms with van der Waals surface area (Å²) in [6, 6.07) is 21.3. The predicted molar refractivity (Wildman–Crippen MR) is 130 cm³/mol. The van der Waals surface area contributed by atoms with Crippen LogP contribution < -0.4 is 10.6 Å². The molecule has 0 spiro atoms. The Hall–Kier alpha value is -3.87. The quantitative estimate of drug-likeness (QED) is 0.469. The highest BCUT2D eigenvalue weighted by Crippen LogP contribution is 2.17. The van der Waals surface area contributed by atoms with E-state index in [0.717, 1.165) is 21.9 Å². The molecule has 7 heteroatoms. The fraction of sp³-hybridized carbons (Fsp3) is 0.296. The summed E-state index contributed by atoms with van der Waals surface area (Å²) in [4.78, 5) is 37.8. The second-order valence-corrected chi connectivity index (χ2v) is 8.40. The van der Waals surface area contributed by atoms with Crippen LogP contribution in [-0.2, 0) is 32.1 Å². The lowest BCUT2D eigenvalue weighted by molar-refractivity contribution is -0.145. The van der Waals surface area contributed by atoms with E-state index in [2.05, 4.69) is 10.6 Å². The number of benzene rings is 3. The molecule has 0 fully saturated rings. The lowest BCUT2D eigenvalue weighted by Gasteiger charge is -2.24. The smallest absolute Gasteiger partial charge is 0.408 e. The van der Waals surface area contributed by atoms with Crippen molar-refractivity contribution >= 4 is 28.7 Å². The minimum Gasteiger partial charge on any atom is -0.467 e. The van der Waals surface area contributed by atoms with Gasteiger partial charge in [0, 0.05) is 6.42 Å². The Morgan fingerprint density at radius 3 is 2.18 bits per heavy atom. The first-order valence-corrected chi connectivity index (χ1v) is 11.2. The molecule has 2 amide bonds. The van der Waals surface area contributed by atoms with Gasteiger partial charge in [0.1, 0.15) is 18.7 Å². The van der Waals surface area contributed by atoms with Gasteiger partial charge in [-0.25, -0.2) is 9.59 Å². The van der Waals surface area contributed by atoms with Crippen molar-refractivity contribution in [3.8, 4) is 0 Å². The zero-order valence-corrected chi connectivity index (χ0v) is 19.6. The van der Waals surface area contributed by atoms with Crippen LogP contribution in [0.3, 0.4) is 0 Å². The van der Waals surface area contributed by atoms with Crippen molar-refractivity contribution in [2.45, 2.75) is 39.0 Å². The third-order valence-electron chi connectivity index (χ3n) is 5.49. The maximum absolute atomic E-state index is 13.0. The summed E-state index contributed by atoms with van der Waals surface area (Å²) in [5.41, 5.74) is 1.72. The zero-order valence-electron chi connectivity index (χ0n) is 19.6. The summed E-state index contributed by atoms with van der Waals surface area (Å²) >= 11 is 0. The molecule has 0 saturated carbocycles. The molecule has 0 unspecified atom stereocenters. The molecule has 0 heterocycles. The van der Waals surface area contributed by atoms with E-state index in [1.807, 2.05) is 72.8 Å². The maximum Gasteiger partial charge on any atom is 0.408 e. The van der Waals surface area contributed by atoms with Gasteiger partial charge in [0.2, 0.25) is 5.91 Å². The monoisotopic (exact) mass is 462 g/mol. The van der Waals surface area contributed by atoms with E-state index in [4.69, 9.17) is 9.47 Å². The number of amides is 2. The molecule has 0 aliphatic carbocycles. The molecule has 2 N–H and O–H groups in total. The fourth-order valence-corrected chi connectivity index (χ4v) is 3.63. The molecule has 0 aliphatic rings. The first-order chi connectivity index (χ1) is 16.4. The highest BCUT2D eigenvalue weighted by atomic mass is 16.5. The summed E-state index contributed by atoms with van der Waals surface area (Å²) in [5, 5.41) is 7.48. The number of carbonyl (C=O) groups excluding carboxylic acids is 3. The van der Waals surface area contributed by atoms with Crippen LogP contribution in [0.2, 0.25) is 0 Å². The Morgan fingerprint density at radius 2 is 1.50 bits per heavy atom. The normalized spacial score (nSPS) is 12.6. The maximum atomic E-state index is 13.0. The van der Waals surface area contributed by atoms with Crippen LogP contribution in [0, 0.1) is 5.92 Å². The van der Waals surface area contributed by atoms with Gasteiger partial charge in [-0.1, -0.05) is 86.6 Å². The predicted octanol–water partition coefficient (Wildman–Crippen LogP) is 3.99. The van der Waals surface area contributed by atoms with E-state index >= 15 is 0 Å². The Morgan fingerprint density at radius 1 is 0.824 bits per heavy atom. The van der Waals surface area contributed by atoms with E-state index in [0.29, 0.717) is 0 Å². The number of fused-ring (bicyclic) bond motifs is 1. The van der Waals surface area contributed by atoms with Crippen molar-refractivity contribution in [3.05, 3.63) is 83.9 Å². The van der Waals surface area contributed by atoms with Gasteiger partial charge in [0.25, 0.3) is 0 Å². The number of methoxy groups -OCH3 is 1. The first kappa shape index (κ1) is 24.8. The highest BCUT2D eigenvalue weighted by molar-refractivity contribution is 5.90. The molecule has 0 saturated heterocycles. The standard InChI is InChI=1S/C27H30N2O5/c1-18(2)24(29-27(32)34-17-19-9-5-4-6-10-19)25(30)28-23(26(31)33-3)16-20-13-14-21-11-7-8-12-22(21)15-20/h4-15,18,23-24H,16-17H2,1-3H3,(H,28,30)(H,29,32)/t23-,24+/m1/s1. The molecule has 3 aromatic carbocycles. The van der Waals surface area contributed by atoms with Crippen LogP contribution in [0.4, 0.5) is 4.79 Å². The molecule has 2 atom stereocenters. The van der Waals surface area contributed by atoms with Crippen molar-refractivity contribution < 1.29 is 23.9 Å². The van der Waals surface area contributed by atoms with E-state index < -0.39 is 30.1 Å². The van der Waals surface area contributed by atoms with Crippen molar-refractivity contribution in [3.63, 3.8) is 0 Å². The summed E-state index contributed by atoms with van der Waals surface area (Å²) in [6.07, 6.45) is -0.450. The van der Waals surface area contributed by atoms with Gasteiger partial charge in [-0.2, -0.15) is 0 Å². The molecule has 3 aromatic rings.